The number of nitrogens with one attached hydrogen (secondary N) is 1. The molecular weight excluding hydrogens is 616 g/mol. The van der Waals surface area contributed by atoms with Gasteiger partial charge in [-0.15, -0.1) is 0 Å². The van der Waals surface area contributed by atoms with Gasteiger partial charge in [0.05, 0.1) is 55.5 Å². The van der Waals surface area contributed by atoms with Crippen LogP contribution in [-0.4, -0.2) is 75.0 Å². The zero-order valence-electron chi connectivity index (χ0n) is 25.8. The molecule has 0 saturated carbocycles. The Labute approximate surface area is 267 Å². The van der Waals surface area contributed by atoms with Gasteiger partial charge < -0.3 is 29.5 Å². The minimum absolute atomic E-state index is 0.0477. The molecule has 0 spiro atoms. The molecule has 4 aromatic rings. The first-order valence-corrected chi connectivity index (χ1v) is 14.8. The van der Waals surface area contributed by atoms with Crippen molar-refractivity contribution in [2.24, 2.45) is 0 Å². The van der Waals surface area contributed by atoms with Gasteiger partial charge in [-0.25, -0.2) is 13.5 Å². The van der Waals surface area contributed by atoms with Crippen LogP contribution in [0.5, 0.6) is 11.5 Å². The van der Waals surface area contributed by atoms with E-state index < -0.39 is 29.0 Å². The number of benzene rings is 2. The molecule has 0 radical (unpaired) electrons. The fourth-order valence-electron chi connectivity index (χ4n) is 5.76. The van der Waals surface area contributed by atoms with E-state index in [9.17, 15) is 23.2 Å². The molecule has 0 atom stereocenters. The molecule has 14 heteroatoms. The normalized spacial score (nSPS) is 14.9. The van der Waals surface area contributed by atoms with Crippen molar-refractivity contribution in [2.45, 2.75) is 38.8 Å². The van der Waals surface area contributed by atoms with E-state index in [1.807, 2.05) is 13.8 Å². The average Bonchev–Trinajstić information content (AvgIpc) is 3.42. The maximum Gasteiger partial charge on any atom is 0.303 e. The smallest absolute Gasteiger partial charge is 0.303 e. The van der Waals surface area contributed by atoms with Crippen molar-refractivity contribution < 1.29 is 42.5 Å². The Morgan fingerprint density at radius 3 is 2.51 bits per heavy atom. The first kappa shape index (κ1) is 31.6. The highest BCUT2D eigenvalue weighted by Gasteiger charge is 2.39. The third kappa shape index (κ3) is 6.23. The summed E-state index contributed by atoms with van der Waals surface area (Å²) >= 11 is 0. The Balaban J connectivity index is 1.49. The number of halogens is 2. The molecule has 0 aliphatic carbocycles. The van der Waals surface area contributed by atoms with Gasteiger partial charge in [-0.2, -0.15) is 5.10 Å². The lowest BCUT2D eigenvalue weighted by molar-refractivity contribution is -0.138. The lowest BCUT2D eigenvalue weighted by atomic mass is 9.95. The molecule has 1 saturated heterocycles. The highest BCUT2D eigenvalue weighted by Crippen LogP contribution is 2.46. The van der Waals surface area contributed by atoms with Crippen LogP contribution in [0.3, 0.4) is 0 Å². The lowest BCUT2D eigenvalue weighted by Gasteiger charge is -2.41. The van der Waals surface area contributed by atoms with E-state index >= 15 is 0 Å². The van der Waals surface area contributed by atoms with Crippen LogP contribution in [0.4, 0.5) is 14.5 Å². The van der Waals surface area contributed by atoms with E-state index in [0.717, 1.165) is 18.2 Å². The van der Waals surface area contributed by atoms with Crippen LogP contribution in [0.2, 0.25) is 0 Å². The first-order valence-electron chi connectivity index (χ1n) is 14.8. The number of nitrogens with zero attached hydrogens (tertiary/aromatic N) is 4. The number of hydrogen-bond acceptors (Lipinski definition) is 8. The second kappa shape index (κ2) is 12.4. The largest absolute Gasteiger partial charge is 0.496 e. The molecule has 244 valence electrons. The molecular formula is C33H31F2N5O7. The molecule has 4 heterocycles. The van der Waals surface area contributed by atoms with E-state index in [0.29, 0.717) is 64.9 Å². The number of carbonyl (C=O) groups is 3. The Bertz CT molecular complexity index is 1890. The molecule has 1 fully saturated rings. The number of rotatable bonds is 8. The van der Waals surface area contributed by atoms with Gasteiger partial charge in [-0.05, 0) is 38.1 Å². The van der Waals surface area contributed by atoms with Gasteiger partial charge in [0.25, 0.3) is 5.91 Å². The zero-order valence-corrected chi connectivity index (χ0v) is 25.8. The van der Waals surface area contributed by atoms with E-state index in [4.69, 9.17) is 19.3 Å². The summed E-state index contributed by atoms with van der Waals surface area (Å²) in [6, 6.07) is 8.05. The van der Waals surface area contributed by atoms with Crippen molar-refractivity contribution in [1.29, 1.82) is 0 Å². The summed E-state index contributed by atoms with van der Waals surface area (Å²) in [5.41, 5.74) is 2.20. The second-order valence-electron chi connectivity index (χ2n) is 11.8. The molecule has 2 N–H and O–H groups in total. The highest BCUT2D eigenvalue weighted by atomic mass is 19.1. The Kier molecular flexibility index (Phi) is 8.36. The third-order valence-electron chi connectivity index (χ3n) is 8.00. The van der Waals surface area contributed by atoms with Crippen LogP contribution in [0.25, 0.3) is 28.1 Å². The average molecular weight is 648 g/mol. The quantitative estimate of drug-likeness (QED) is 0.275. The summed E-state index contributed by atoms with van der Waals surface area (Å²) < 4.78 is 47.8. The Morgan fingerprint density at radius 2 is 1.81 bits per heavy atom. The van der Waals surface area contributed by atoms with Gasteiger partial charge in [-0.1, -0.05) is 0 Å². The summed E-state index contributed by atoms with van der Waals surface area (Å²) in [6.45, 7) is 4.73. The van der Waals surface area contributed by atoms with Crippen molar-refractivity contribution in [2.75, 3.05) is 32.2 Å². The van der Waals surface area contributed by atoms with Gasteiger partial charge >= 0.3 is 5.97 Å². The van der Waals surface area contributed by atoms with Gasteiger partial charge in [0.1, 0.15) is 29.7 Å². The number of anilines is 1. The topological polar surface area (TPSA) is 145 Å². The lowest BCUT2D eigenvalue weighted by Crippen LogP contribution is -2.55. The van der Waals surface area contributed by atoms with Crippen LogP contribution in [0.1, 0.15) is 42.7 Å². The maximum absolute atomic E-state index is 14.5. The number of methoxy groups -OCH3 is 1. The number of morpholine rings is 1. The van der Waals surface area contributed by atoms with Crippen LogP contribution in [0.15, 0.2) is 48.8 Å². The number of amides is 2. The number of ether oxygens (including phenoxy) is 3. The molecule has 0 bridgehead atoms. The Morgan fingerprint density at radius 1 is 1.04 bits per heavy atom. The summed E-state index contributed by atoms with van der Waals surface area (Å²) in [5, 5.41) is 16.2. The maximum atomic E-state index is 14.5. The SMILES string of the molecule is COc1cc2c(cc1-c1cncc(NC(=O)CCC(=O)O)c1)-c1c(c(C(=O)N3CCOCC3(C)C)nn1-c1cc(F)cc(F)c1)CO2. The van der Waals surface area contributed by atoms with Crippen molar-refractivity contribution in [3.63, 3.8) is 0 Å². The molecule has 2 aliphatic heterocycles. The van der Waals surface area contributed by atoms with Crippen molar-refractivity contribution in [1.82, 2.24) is 19.7 Å². The van der Waals surface area contributed by atoms with Gasteiger partial charge in [0, 0.05) is 53.5 Å². The van der Waals surface area contributed by atoms with Crippen molar-refractivity contribution in [3.8, 4) is 39.6 Å². The molecule has 2 aliphatic rings. The predicted molar refractivity (Wildman–Crippen MR) is 164 cm³/mol. The molecule has 0 unspecified atom stereocenters. The first-order chi connectivity index (χ1) is 22.4. The summed E-state index contributed by atoms with van der Waals surface area (Å²) in [6.07, 6.45) is 2.44. The van der Waals surface area contributed by atoms with E-state index in [1.54, 1.807) is 29.3 Å². The minimum Gasteiger partial charge on any atom is -0.496 e. The molecule has 47 heavy (non-hydrogen) atoms. The molecule has 6 rings (SSSR count). The second-order valence-corrected chi connectivity index (χ2v) is 11.8. The number of aliphatic carboxylic acids is 1. The minimum atomic E-state index is -1.09. The Hall–Kier alpha value is -5.37. The summed E-state index contributed by atoms with van der Waals surface area (Å²) in [5.74, 6) is -2.81. The van der Waals surface area contributed by atoms with Crippen LogP contribution in [0, 0.1) is 11.6 Å². The van der Waals surface area contributed by atoms with E-state index in [1.165, 1.54) is 18.0 Å². The monoisotopic (exact) mass is 647 g/mol. The number of pyridine rings is 1. The number of fused-ring (bicyclic) bond motifs is 3. The van der Waals surface area contributed by atoms with Crippen LogP contribution >= 0.6 is 0 Å². The van der Waals surface area contributed by atoms with E-state index in [-0.39, 0.29) is 36.7 Å². The van der Waals surface area contributed by atoms with Gasteiger partial charge in [-0.3, -0.25) is 19.4 Å². The van der Waals surface area contributed by atoms with E-state index in [2.05, 4.69) is 15.4 Å². The van der Waals surface area contributed by atoms with Crippen LogP contribution < -0.4 is 14.8 Å². The zero-order chi connectivity index (χ0) is 33.5. The highest BCUT2D eigenvalue weighted by molar-refractivity contribution is 5.98. The van der Waals surface area contributed by atoms with Crippen molar-refractivity contribution in [3.05, 3.63) is 71.7 Å². The summed E-state index contributed by atoms with van der Waals surface area (Å²) in [4.78, 5) is 43.2. The third-order valence-corrected chi connectivity index (χ3v) is 8.00. The molecule has 12 nitrogen and oxygen atoms in total. The molecule has 2 amide bonds. The fourth-order valence-corrected chi connectivity index (χ4v) is 5.76. The molecule has 2 aromatic carbocycles. The summed E-state index contributed by atoms with van der Waals surface area (Å²) in [7, 11) is 1.48. The van der Waals surface area contributed by atoms with Crippen molar-refractivity contribution >= 4 is 23.5 Å². The van der Waals surface area contributed by atoms with Gasteiger partial charge in [0.2, 0.25) is 5.91 Å². The standard InChI is InChI=1S/C33H31F2N5O7/c1-33(2)17-46-7-6-39(33)32(44)30-25-16-47-27-13-26(45-3)23(18-8-21(15-36-14-18)37-28(41)4-5-29(42)43)12-24(27)31(25)40(38-30)22-10-19(34)9-20(35)11-22/h8-15H,4-7,16-17H2,1-3H3,(H,37,41)(H,42,43). The fraction of sp³-hybridized carbons (Fsp3) is 0.303. The number of carbonyl (C=O) groups excluding carboxylic acids is 2. The number of aromatic nitrogens is 3. The predicted octanol–water partition coefficient (Wildman–Crippen LogP) is 4.83. The number of hydrogen-bond donors (Lipinski definition) is 2. The number of carboxylic acids is 1. The van der Waals surface area contributed by atoms with Crippen LogP contribution in [-0.2, 0) is 20.9 Å². The molecule has 2 aromatic heterocycles. The number of carboxylic acid groups (broad SMARTS) is 1. The van der Waals surface area contributed by atoms with Gasteiger partial charge in [0.15, 0.2) is 5.69 Å².